The first-order chi connectivity index (χ1) is 11.0. The van der Waals surface area contributed by atoms with Gasteiger partial charge in [-0.3, -0.25) is 4.79 Å². The minimum Gasteiger partial charge on any atom is -0.478 e. The number of hydrogen-bond acceptors (Lipinski definition) is 5. The summed E-state index contributed by atoms with van der Waals surface area (Å²) in [5.41, 5.74) is -0.284. The number of carbonyl (C=O) groups is 2. The molecule has 8 heteroatoms. The normalized spacial score (nSPS) is 17.2. The number of nitrogens with zero attached hydrogens (tertiary/aromatic N) is 1. The van der Waals surface area contributed by atoms with Crippen molar-refractivity contribution < 1.29 is 23.8 Å². The van der Waals surface area contributed by atoms with E-state index in [1.165, 1.54) is 17.5 Å². The molecule has 2 heterocycles. The number of rotatable bonds is 4. The molecule has 0 aliphatic carbocycles. The van der Waals surface area contributed by atoms with Gasteiger partial charge in [-0.25, -0.2) is 14.2 Å². The van der Waals surface area contributed by atoms with Crippen molar-refractivity contribution in [2.24, 2.45) is 0 Å². The largest absolute Gasteiger partial charge is 0.478 e. The van der Waals surface area contributed by atoms with Crippen molar-refractivity contribution >= 4 is 28.9 Å². The molecule has 1 fully saturated rings. The van der Waals surface area contributed by atoms with Crippen LogP contribution in [0.3, 0.4) is 0 Å². The fourth-order valence-electron chi connectivity index (χ4n) is 2.25. The van der Waals surface area contributed by atoms with Crippen molar-refractivity contribution in [2.45, 2.75) is 18.9 Å². The number of ether oxygens (including phenoxy) is 1. The van der Waals surface area contributed by atoms with Crippen molar-refractivity contribution in [3.05, 3.63) is 45.7 Å². The molecule has 1 aromatic carbocycles. The lowest BCUT2D eigenvalue weighted by Crippen LogP contribution is -2.12. The molecule has 1 unspecified atom stereocenters. The van der Waals surface area contributed by atoms with Gasteiger partial charge in [0.15, 0.2) is 0 Å². The predicted octanol–water partition coefficient (Wildman–Crippen LogP) is 3.08. The molecule has 1 saturated heterocycles. The number of aromatic nitrogens is 1. The molecular weight excluding hydrogens is 323 g/mol. The van der Waals surface area contributed by atoms with Gasteiger partial charge in [0.25, 0.3) is 5.91 Å². The zero-order valence-corrected chi connectivity index (χ0v) is 12.7. The van der Waals surface area contributed by atoms with Crippen molar-refractivity contribution in [1.82, 2.24) is 4.98 Å². The molecule has 1 amide bonds. The Morgan fingerprint density at radius 1 is 1.43 bits per heavy atom. The van der Waals surface area contributed by atoms with Crippen LogP contribution in [0.2, 0.25) is 0 Å². The van der Waals surface area contributed by atoms with E-state index in [1.54, 1.807) is 0 Å². The van der Waals surface area contributed by atoms with Crippen LogP contribution in [0.5, 0.6) is 0 Å². The van der Waals surface area contributed by atoms with Crippen molar-refractivity contribution in [3.8, 4) is 0 Å². The maximum absolute atomic E-state index is 13.7. The van der Waals surface area contributed by atoms with Gasteiger partial charge in [-0.1, -0.05) is 0 Å². The van der Waals surface area contributed by atoms with Crippen molar-refractivity contribution in [1.29, 1.82) is 0 Å². The summed E-state index contributed by atoms with van der Waals surface area (Å²) < 4.78 is 19.2. The molecule has 23 heavy (non-hydrogen) atoms. The van der Waals surface area contributed by atoms with Gasteiger partial charge >= 0.3 is 5.97 Å². The molecule has 3 rings (SSSR count). The summed E-state index contributed by atoms with van der Waals surface area (Å²) in [4.78, 5) is 27.6. The van der Waals surface area contributed by atoms with Crippen LogP contribution in [-0.4, -0.2) is 28.6 Å². The van der Waals surface area contributed by atoms with E-state index < -0.39 is 17.7 Å². The van der Waals surface area contributed by atoms with E-state index in [4.69, 9.17) is 9.84 Å². The highest BCUT2D eigenvalue weighted by Crippen LogP contribution is 2.31. The number of aromatic carboxylic acids is 1. The van der Waals surface area contributed by atoms with Crippen LogP contribution < -0.4 is 5.32 Å². The molecule has 1 aliphatic rings. The Bertz CT molecular complexity index is 756. The molecule has 2 aromatic rings. The Balaban J connectivity index is 1.76. The van der Waals surface area contributed by atoms with Crippen LogP contribution >= 0.6 is 11.3 Å². The number of anilines is 1. The van der Waals surface area contributed by atoms with E-state index in [2.05, 4.69) is 10.3 Å². The fraction of sp³-hybridized carbons (Fsp3) is 0.267. The molecule has 0 spiro atoms. The summed E-state index contributed by atoms with van der Waals surface area (Å²) in [6, 6.07) is 3.22. The first-order valence-electron chi connectivity index (χ1n) is 6.96. The average Bonchev–Trinajstić information content (AvgIpc) is 3.20. The minimum absolute atomic E-state index is 0.0892. The lowest BCUT2D eigenvalue weighted by atomic mass is 10.2. The highest BCUT2D eigenvalue weighted by molar-refractivity contribution is 7.13. The van der Waals surface area contributed by atoms with Gasteiger partial charge in [0.05, 0.1) is 17.4 Å². The van der Waals surface area contributed by atoms with Crippen LogP contribution in [0.15, 0.2) is 24.4 Å². The smallest absolute Gasteiger partial charge is 0.335 e. The van der Waals surface area contributed by atoms with Crippen LogP contribution in [-0.2, 0) is 4.74 Å². The second-order valence-electron chi connectivity index (χ2n) is 5.02. The summed E-state index contributed by atoms with van der Waals surface area (Å²) in [6.07, 6.45) is 3.15. The topological polar surface area (TPSA) is 88.5 Å². The second-order valence-corrected chi connectivity index (χ2v) is 6.08. The molecule has 1 aliphatic heterocycles. The number of nitrogens with one attached hydrogen (secondary N) is 1. The van der Waals surface area contributed by atoms with E-state index in [9.17, 15) is 14.0 Å². The molecule has 6 nitrogen and oxygen atoms in total. The van der Waals surface area contributed by atoms with Crippen LogP contribution in [0.25, 0.3) is 0 Å². The molecule has 1 atom stereocenters. The molecule has 120 valence electrons. The Morgan fingerprint density at radius 3 is 2.96 bits per heavy atom. The number of thiazole rings is 1. The van der Waals surface area contributed by atoms with Gasteiger partial charge in [0, 0.05) is 6.61 Å². The van der Waals surface area contributed by atoms with Crippen molar-refractivity contribution in [2.75, 3.05) is 11.9 Å². The predicted molar refractivity (Wildman–Crippen MR) is 81.4 cm³/mol. The lowest BCUT2D eigenvalue weighted by molar-refractivity contribution is 0.0696. The highest BCUT2D eigenvalue weighted by atomic mass is 32.1. The third kappa shape index (κ3) is 3.38. The van der Waals surface area contributed by atoms with Gasteiger partial charge in [-0.2, -0.15) is 0 Å². The van der Waals surface area contributed by atoms with E-state index in [0.717, 1.165) is 31.0 Å². The maximum Gasteiger partial charge on any atom is 0.335 e. The highest BCUT2D eigenvalue weighted by Gasteiger charge is 2.22. The number of benzene rings is 1. The summed E-state index contributed by atoms with van der Waals surface area (Å²) in [5, 5.41) is 12.0. The van der Waals surface area contributed by atoms with E-state index in [0.29, 0.717) is 16.5 Å². The Labute approximate surface area is 134 Å². The fourth-order valence-corrected chi connectivity index (χ4v) is 3.15. The summed E-state index contributed by atoms with van der Waals surface area (Å²) in [5.74, 6) is -2.43. The number of carbonyl (C=O) groups excluding carboxylic acids is 1. The van der Waals surface area contributed by atoms with Crippen molar-refractivity contribution in [3.63, 3.8) is 0 Å². The number of amides is 1. The van der Waals surface area contributed by atoms with Gasteiger partial charge < -0.3 is 15.2 Å². The van der Waals surface area contributed by atoms with Gasteiger partial charge in [-0.15, -0.1) is 11.3 Å². The molecule has 0 saturated carbocycles. The first kappa shape index (κ1) is 15.6. The second kappa shape index (κ2) is 6.43. The summed E-state index contributed by atoms with van der Waals surface area (Å²) >= 11 is 1.19. The monoisotopic (exact) mass is 336 g/mol. The average molecular weight is 336 g/mol. The zero-order valence-electron chi connectivity index (χ0n) is 11.9. The number of carboxylic acids is 1. The molecular formula is C15H13FN2O4S. The lowest BCUT2D eigenvalue weighted by Gasteiger charge is -2.06. The molecule has 2 N–H and O–H groups in total. The van der Waals surface area contributed by atoms with Gasteiger partial charge in [-0.05, 0) is 31.0 Å². The molecule has 0 radical (unpaired) electrons. The Morgan fingerprint density at radius 2 is 2.26 bits per heavy atom. The SMILES string of the molecule is O=C(O)c1ccc(F)c(NC(=O)c2cnc(C3CCCO3)s2)c1. The van der Waals surface area contributed by atoms with Crippen LogP contribution in [0, 0.1) is 5.82 Å². The van der Waals surface area contributed by atoms with Gasteiger partial charge in [0.2, 0.25) is 0 Å². The third-order valence-electron chi connectivity index (χ3n) is 3.41. The van der Waals surface area contributed by atoms with Gasteiger partial charge in [0.1, 0.15) is 21.8 Å². The first-order valence-corrected chi connectivity index (χ1v) is 7.78. The Kier molecular flexibility index (Phi) is 4.35. The van der Waals surface area contributed by atoms with Crippen LogP contribution in [0.1, 0.15) is 44.0 Å². The van der Waals surface area contributed by atoms with E-state index >= 15 is 0 Å². The van der Waals surface area contributed by atoms with Crippen LogP contribution in [0.4, 0.5) is 10.1 Å². The molecule has 0 bridgehead atoms. The summed E-state index contributed by atoms with van der Waals surface area (Å²) in [6.45, 7) is 0.680. The number of halogens is 1. The minimum atomic E-state index is -1.20. The van der Waals surface area contributed by atoms with E-state index in [1.807, 2.05) is 0 Å². The standard InChI is InChI=1S/C15H13FN2O4S/c16-9-4-3-8(15(20)21)6-10(9)18-13(19)12-7-17-14(23-12)11-2-1-5-22-11/h3-4,6-7,11H,1-2,5H2,(H,18,19)(H,20,21). The number of carboxylic acid groups (broad SMARTS) is 1. The molecule has 1 aromatic heterocycles. The summed E-state index contributed by atoms with van der Waals surface area (Å²) in [7, 11) is 0. The zero-order chi connectivity index (χ0) is 16.4. The van der Waals surface area contributed by atoms with E-state index in [-0.39, 0.29) is 17.4 Å². The number of hydrogen-bond donors (Lipinski definition) is 2. The third-order valence-corrected chi connectivity index (χ3v) is 4.50. The quantitative estimate of drug-likeness (QED) is 0.896. The Hall–Kier alpha value is -2.32. The maximum atomic E-state index is 13.7.